The van der Waals surface area contributed by atoms with Gasteiger partial charge in [0.15, 0.2) is 4.90 Å². The van der Waals surface area contributed by atoms with Gasteiger partial charge in [-0.3, -0.25) is 10.1 Å². The minimum atomic E-state index is -4.22. The highest BCUT2D eigenvalue weighted by Gasteiger charge is 2.43. The topological polar surface area (TPSA) is 80.5 Å². The third-order valence-corrected chi connectivity index (χ3v) is 27.5. The summed E-state index contributed by atoms with van der Waals surface area (Å²) < 4.78 is 29.9. The largest absolute Gasteiger partial charge is 0.289 e. The average molecular weight is 753 g/mol. The van der Waals surface area contributed by atoms with Crippen LogP contribution in [0.2, 0.25) is 33.2 Å². The summed E-state index contributed by atoms with van der Waals surface area (Å²) in [6.45, 7) is 27.8. The fourth-order valence-corrected chi connectivity index (χ4v) is 22.8. The molecule has 49 heavy (non-hydrogen) atoms. The first kappa shape index (κ1) is 39.3. The molecule has 0 bridgehead atoms. The van der Waals surface area contributed by atoms with E-state index in [0.29, 0.717) is 33.2 Å². The third-order valence-electron chi connectivity index (χ3n) is 10.7. The number of hydrogen-bond donors (Lipinski definition) is 0. The van der Waals surface area contributed by atoms with Gasteiger partial charge >= 0.3 is 0 Å². The van der Waals surface area contributed by atoms with Gasteiger partial charge in [0.25, 0.3) is 15.7 Å². The van der Waals surface area contributed by atoms with Crippen LogP contribution < -0.4 is 0 Å². The molecule has 3 aromatic rings. The van der Waals surface area contributed by atoms with Crippen LogP contribution in [0.3, 0.4) is 0 Å². The van der Waals surface area contributed by atoms with Crippen LogP contribution >= 0.6 is 22.7 Å². The summed E-state index contributed by atoms with van der Waals surface area (Å²) in [4.78, 5) is 14.9. The van der Waals surface area contributed by atoms with E-state index in [-0.39, 0.29) is 18.0 Å². The fourth-order valence-electron chi connectivity index (χ4n) is 8.38. The van der Waals surface area contributed by atoms with Crippen LogP contribution in [0, 0.1) is 33.0 Å². The second-order valence-electron chi connectivity index (χ2n) is 15.2. The van der Waals surface area contributed by atoms with Gasteiger partial charge in [-0.15, -0.1) is 33.8 Å². The van der Waals surface area contributed by atoms with Crippen LogP contribution in [-0.2, 0) is 23.1 Å². The summed E-state index contributed by atoms with van der Waals surface area (Å²) >= 11 is 3.25. The quantitative estimate of drug-likeness (QED) is 0.0943. The Hall–Kier alpha value is -2.52. The molecule has 0 radical (unpaired) electrons. The van der Waals surface area contributed by atoms with Crippen molar-refractivity contribution in [3.63, 3.8) is 0 Å². The van der Waals surface area contributed by atoms with E-state index in [1.165, 1.54) is 28.6 Å². The molecule has 1 aromatic carbocycles. The fraction of sp³-hybridized carbons (Fsp3) is 0.526. The molecule has 4 rings (SSSR count). The molecule has 1 aliphatic heterocycles. The molecule has 264 valence electrons. The normalized spacial score (nSPS) is 14.2. The second-order valence-corrected chi connectivity index (χ2v) is 30.4. The molecule has 1 aliphatic rings. The summed E-state index contributed by atoms with van der Waals surface area (Å²) in [5.74, 6) is 7.18. The highest BCUT2D eigenvalue weighted by Crippen LogP contribution is 2.46. The van der Waals surface area contributed by atoms with Crippen molar-refractivity contribution in [1.29, 1.82) is 0 Å². The lowest BCUT2D eigenvalue weighted by Gasteiger charge is -2.38. The van der Waals surface area contributed by atoms with Gasteiger partial charge in [-0.05, 0) is 62.6 Å². The number of nitro groups is 1. The molecule has 0 N–H and O–H groups in total. The molecule has 0 aliphatic carbocycles. The van der Waals surface area contributed by atoms with Gasteiger partial charge in [-0.1, -0.05) is 107 Å². The number of nitrogens with zero attached hydrogens (tertiary/aromatic N) is 2. The standard InChI is InChI=1S/C38H52N2O4S3Si2/c1-25(2)48(26(3)4,27(5)6)19-17-33-21-31-23-39(47(43,44)36-16-14-13-15-35(36)40(41)42)24-32-22-34(46-38(32)37(31)45-33)18-20-49(28(7)8,29(9)10)30(11)12/h13-16,21-22,25-30H,23-24H2,1-12H3. The lowest BCUT2D eigenvalue weighted by atomic mass is 10.2. The minimum absolute atomic E-state index is 0.107. The Morgan fingerprint density at radius 2 is 1.06 bits per heavy atom. The van der Waals surface area contributed by atoms with Gasteiger partial charge in [0.05, 0.1) is 24.4 Å². The van der Waals surface area contributed by atoms with Crippen LogP contribution in [0.25, 0.3) is 9.75 Å². The van der Waals surface area contributed by atoms with Gasteiger partial charge in [0, 0.05) is 19.2 Å². The lowest BCUT2D eigenvalue weighted by molar-refractivity contribution is -0.387. The Kier molecular flexibility index (Phi) is 12.0. The summed E-state index contributed by atoms with van der Waals surface area (Å²) in [7, 11) is -8.22. The van der Waals surface area contributed by atoms with Crippen LogP contribution in [0.4, 0.5) is 5.69 Å². The lowest BCUT2D eigenvalue weighted by Crippen LogP contribution is -2.43. The third kappa shape index (κ3) is 7.31. The van der Waals surface area contributed by atoms with Crippen LogP contribution in [0.15, 0.2) is 41.3 Å². The van der Waals surface area contributed by atoms with E-state index in [1.54, 1.807) is 22.7 Å². The van der Waals surface area contributed by atoms with Crippen molar-refractivity contribution in [2.75, 3.05) is 0 Å². The first-order chi connectivity index (χ1) is 22.8. The molecule has 0 saturated heterocycles. The highest BCUT2D eigenvalue weighted by atomic mass is 32.2. The Bertz CT molecular complexity index is 1790. The van der Waals surface area contributed by atoms with Crippen molar-refractivity contribution >= 4 is 54.5 Å². The maximum atomic E-state index is 14.2. The summed E-state index contributed by atoms with van der Waals surface area (Å²) in [5.41, 5.74) is 11.9. The number of hydrogen-bond acceptors (Lipinski definition) is 6. The molecule has 11 heteroatoms. The molecule has 0 amide bonds. The van der Waals surface area contributed by atoms with Crippen LogP contribution in [0.5, 0.6) is 0 Å². The number of rotatable bonds is 9. The molecular formula is C38H52N2O4S3Si2. The van der Waals surface area contributed by atoms with Crippen molar-refractivity contribution in [1.82, 2.24) is 4.31 Å². The van der Waals surface area contributed by atoms with Crippen molar-refractivity contribution in [3.05, 3.63) is 67.4 Å². The van der Waals surface area contributed by atoms with Gasteiger partial charge in [0.1, 0.15) is 16.1 Å². The molecule has 0 atom stereocenters. The Morgan fingerprint density at radius 1 is 0.694 bits per heavy atom. The summed E-state index contributed by atoms with van der Waals surface area (Å²) in [5, 5.41) is 11.9. The Morgan fingerprint density at radius 3 is 1.41 bits per heavy atom. The molecule has 2 aromatic heterocycles. The van der Waals surface area contributed by atoms with Gasteiger partial charge in [0.2, 0.25) is 0 Å². The van der Waals surface area contributed by atoms with E-state index in [4.69, 9.17) is 0 Å². The number of sulfonamides is 1. The maximum Gasteiger partial charge on any atom is 0.289 e. The Labute approximate surface area is 305 Å². The van der Waals surface area contributed by atoms with Crippen molar-refractivity contribution in [3.8, 4) is 32.7 Å². The predicted octanol–water partition coefficient (Wildman–Crippen LogP) is 11.2. The monoisotopic (exact) mass is 752 g/mol. The van der Waals surface area contributed by atoms with E-state index in [1.807, 2.05) is 12.1 Å². The first-order valence-corrected chi connectivity index (χ1v) is 24.9. The van der Waals surface area contributed by atoms with Gasteiger partial charge in [-0.25, -0.2) is 8.42 Å². The van der Waals surface area contributed by atoms with E-state index in [2.05, 4.69) is 106 Å². The zero-order chi connectivity index (χ0) is 36.6. The molecule has 3 heterocycles. The maximum absolute atomic E-state index is 14.2. The average Bonchev–Trinajstić information content (AvgIpc) is 3.56. The number of nitro benzene ring substituents is 1. The summed E-state index contributed by atoms with van der Waals surface area (Å²) in [6.07, 6.45) is 0. The predicted molar refractivity (Wildman–Crippen MR) is 213 cm³/mol. The SMILES string of the molecule is CC(C)[Si](C#Cc1cc2c(s1)-c1sc(C#C[Si](C(C)C)(C(C)C)C(C)C)cc1CN(S(=O)(=O)c1ccccc1[N+](=O)[O-])C2)(C(C)C)C(C)C. The minimum Gasteiger partial charge on any atom is -0.258 e. The molecule has 0 unspecified atom stereocenters. The first-order valence-electron chi connectivity index (χ1n) is 17.4. The van der Waals surface area contributed by atoms with Crippen LogP contribution in [0.1, 0.15) is 104 Å². The van der Waals surface area contributed by atoms with Gasteiger partial charge in [-0.2, -0.15) is 4.31 Å². The second kappa shape index (κ2) is 15.0. The number of para-hydroxylation sites is 1. The van der Waals surface area contributed by atoms with E-state index in [9.17, 15) is 18.5 Å². The smallest absolute Gasteiger partial charge is 0.258 e. The van der Waals surface area contributed by atoms with Crippen LogP contribution in [-0.4, -0.2) is 33.8 Å². The van der Waals surface area contributed by atoms with Gasteiger partial charge < -0.3 is 0 Å². The van der Waals surface area contributed by atoms with E-state index < -0.39 is 36.8 Å². The molecule has 0 saturated carbocycles. The number of fused-ring (bicyclic) bond motifs is 3. The van der Waals surface area contributed by atoms with E-state index >= 15 is 0 Å². The zero-order valence-electron chi connectivity index (χ0n) is 31.1. The van der Waals surface area contributed by atoms with Crippen molar-refractivity contribution < 1.29 is 13.3 Å². The molecular weight excluding hydrogens is 701 g/mol. The molecule has 0 fully saturated rings. The number of benzene rings is 1. The highest BCUT2D eigenvalue weighted by molar-refractivity contribution is 7.89. The number of thiophene rings is 2. The zero-order valence-corrected chi connectivity index (χ0v) is 35.5. The Balaban J connectivity index is 1.94. The van der Waals surface area contributed by atoms with Crippen molar-refractivity contribution in [2.24, 2.45) is 0 Å². The molecule has 6 nitrogen and oxygen atoms in total. The van der Waals surface area contributed by atoms with Crippen molar-refractivity contribution in [2.45, 2.75) is 134 Å². The molecule has 0 spiro atoms. The van der Waals surface area contributed by atoms with E-state index in [0.717, 1.165) is 30.6 Å². The summed E-state index contributed by atoms with van der Waals surface area (Å²) in [6, 6.07) is 9.70.